The van der Waals surface area contributed by atoms with Crippen LogP contribution >= 0.6 is 0 Å². The van der Waals surface area contributed by atoms with Crippen molar-refractivity contribution in [2.75, 3.05) is 19.3 Å². The van der Waals surface area contributed by atoms with E-state index in [0.29, 0.717) is 6.54 Å². The van der Waals surface area contributed by atoms with E-state index in [0.717, 1.165) is 12.8 Å². The Bertz CT molecular complexity index is 411. The second-order valence-electron chi connectivity index (χ2n) is 6.02. The fourth-order valence-corrected chi connectivity index (χ4v) is 2.85. The number of carbonyl (C=O) groups excluding carboxylic acids is 1. The van der Waals surface area contributed by atoms with Gasteiger partial charge in [0.2, 0.25) is 0 Å². The predicted molar refractivity (Wildman–Crippen MR) is 78.1 cm³/mol. The minimum absolute atomic E-state index is 0.153. The highest BCUT2D eigenvalue weighted by molar-refractivity contribution is 7.84. The van der Waals surface area contributed by atoms with E-state index < -0.39 is 28.2 Å². The summed E-state index contributed by atoms with van der Waals surface area (Å²) < 4.78 is 11.3. The van der Waals surface area contributed by atoms with Gasteiger partial charge in [-0.25, -0.2) is 9.59 Å². The molecule has 0 spiro atoms. The molecular formula is C13H24N2O4S. The molecule has 2 N–H and O–H groups in total. The van der Waals surface area contributed by atoms with Gasteiger partial charge in [0.25, 0.3) is 0 Å². The van der Waals surface area contributed by atoms with Crippen LogP contribution in [0.3, 0.4) is 0 Å². The molecule has 0 radical (unpaired) electrons. The Kier molecular flexibility index (Phi) is 5.56. The van der Waals surface area contributed by atoms with E-state index in [9.17, 15) is 18.9 Å². The topological polar surface area (TPSA) is 86.7 Å². The summed E-state index contributed by atoms with van der Waals surface area (Å²) in [5.41, 5.74) is -0.444. The number of hydrogen-bond acceptors (Lipinski definition) is 3. The Labute approximate surface area is 122 Å². The standard InChI is InChI=1S/C13H24N2O4S/c1-9(20(4)19)8-14-12(18)15-7-5-6-13(2,3)10(15)11(16)17/h9-10H,5-8H2,1-4H3,(H,14,18)(H,16,17). The van der Waals surface area contributed by atoms with Gasteiger partial charge in [0.1, 0.15) is 6.04 Å². The minimum Gasteiger partial charge on any atom is -0.480 e. The zero-order chi connectivity index (χ0) is 15.5. The number of carboxylic acid groups (broad SMARTS) is 1. The van der Waals surface area contributed by atoms with Crippen molar-refractivity contribution < 1.29 is 18.9 Å². The largest absolute Gasteiger partial charge is 0.480 e. The summed E-state index contributed by atoms with van der Waals surface area (Å²) in [4.78, 5) is 25.0. The van der Waals surface area contributed by atoms with Gasteiger partial charge >= 0.3 is 12.0 Å². The van der Waals surface area contributed by atoms with Crippen LogP contribution in [0.15, 0.2) is 0 Å². The zero-order valence-electron chi connectivity index (χ0n) is 12.5. The molecule has 116 valence electrons. The molecule has 1 aliphatic heterocycles. The lowest BCUT2D eigenvalue weighted by Gasteiger charge is -2.43. The van der Waals surface area contributed by atoms with Crippen LogP contribution in [0, 0.1) is 5.41 Å². The van der Waals surface area contributed by atoms with Gasteiger partial charge in [-0.1, -0.05) is 13.8 Å². The Morgan fingerprint density at radius 2 is 2.10 bits per heavy atom. The lowest BCUT2D eigenvalue weighted by atomic mass is 9.76. The molecule has 1 saturated heterocycles. The van der Waals surface area contributed by atoms with Crippen molar-refractivity contribution in [3.8, 4) is 0 Å². The maximum absolute atomic E-state index is 12.2. The van der Waals surface area contributed by atoms with Crippen LogP contribution < -0.4 is 5.32 Å². The molecule has 3 atom stereocenters. The summed E-state index contributed by atoms with van der Waals surface area (Å²) >= 11 is 0. The minimum atomic E-state index is -1.01. The number of amides is 2. The van der Waals surface area contributed by atoms with Gasteiger partial charge in [-0.05, 0) is 25.2 Å². The molecule has 0 saturated carbocycles. The van der Waals surface area contributed by atoms with Crippen molar-refractivity contribution in [1.29, 1.82) is 0 Å². The third kappa shape index (κ3) is 3.94. The molecule has 7 heteroatoms. The fourth-order valence-electron chi connectivity index (χ4n) is 2.53. The number of likely N-dealkylation sites (tertiary alicyclic amines) is 1. The molecule has 1 aliphatic rings. The van der Waals surface area contributed by atoms with E-state index >= 15 is 0 Å². The average Bonchev–Trinajstić information content (AvgIpc) is 2.33. The first-order chi connectivity index (χ1) is 9.16. The monoisotopic (exact) mass is 304 g/mol. The number of carboxylic acids is 1. The van der Waals surface area contributed by atoms with Crippen molar-refractivity contribution in [3.63, 3.8) is 0 Å². The quantitative estimate of drug-likeness (QED) is 0.812. The van der Waals surface area contributed by atoms with Gasteiger partial charge in [-0.15, -0.1) is 0 Å². The number of aliphatic carboxylic acids is 1. The molecule has 0 aromatic heterocycles. The van der Waals surface area contributed by atoms with Gasteiger partial charge < -0.3 is 15.3 Å². The van der Waals surface area contributed by atoms with E-state index in [1.165, 1.54) is 4.90 Å². The molecule has 0 aliphatic carbocycles. The molecule has 20 heavy (non-hydrogen) atoms. The van der Waals surface area contributed by atoms with E-state index in [4.69, 9.17) is 0 Å². The van der Waals surface area contributed by atoms with Crippen molar-refractivity contribution in [3.05, 3.63) is 0 Å². The number of carbonyl (C=O) groups is 2. The predicted octanol–water partition coefficient (Wildman–Crippen LogP) is 1.04. The lowest BCUT2D eigenvalue weighted by Crippen LogP contribution is -2.59. The molecule has 1 heterocycles. The van der Waals surface area contributed by atoms with Crippen molar-refractivity contribution >= 4 is 22.8 Å². The first kappa shape index (κ1) is 16.9. The highest BCUT2D eigenvalue weighted by atomic mass is 32.2. The first-order valence-corrected chi connectivity index (χ1v) is 8.38. The van der Waals surface area contributed by atoms with Crippen LogP contribution in [0.5, 0.6) is 0 Å². The van der Waals surface area contributed by atoms with Gasteiger partial charge in [0, 0.05) is 35.4 Å². The lowest BCUT2D eigenvalue weighted by molar-refractivity contribution is -0.148. The van der Waals surface area contributed by atoms with Crippen LogP contribution in [0.2, 0.25) is 0 Å². The smallest absolute Gasteiger partial charge is 0.327 e. The molecule has 6 nitrogen and oxygen atoms in total. The third-order valence-corrected chi connectivity index (χ3v) is 5.17. The number of hydrogen-bond donors (Lipinski definition) is 2. The molecule has 1 fully saturated rings. The molecule has 1 rings (SSSR count). The summed E-state index contributed by atoms with van der Waals surface area (Å²) in [6, 6.07) is -1.21. The van der Waals surface area contributed by atoms with Crippen molar-refractivity contribution in [2.45, 2.75) is 44.9 Å². The molecular weight excluding hydrogens is 280 g/mol. The zero-order valence-corrected chi connectivity index (χ0v) is 13.3. The third-order valence-electron chi connectivity index (χ3n) is 3.87. The van der Waals surface area contributed by atoms with E-state index in [-0.39, 0.29) is 17.8 Å². The Hall–Kier alpha value is -1.11. The van der Waals surface area contributed by atoms with Crippen molar-refractivity contribution in [2.24, 2.45) is 5.41 Å². The number of nitrogens with zero attached hydrogens (tertiary/aromatic N) is 1. The second kappa shape index (κ2) is 6.56. The molecule has 3 unspecified atom stereocenters. The van der Waals surface area contributed by atoms with E-state index in [1.807, 2.05) is 13.8 Å². The van der Waals surface area contributed by atoms with Crippen LogP contribution in [0.4, 0.5) is 4.79 Å². The number of nitrogens with one attached hydrogen (secondary N) is 1. The Morgan fingerprint density at radius 1 is 1.50 bits per heavy atom. The maximum Gasteiger partial charge on any atom is 0.327 e. The van der Waals surface area contributed by atoms with Crippen LogP contribution in [0.1, 0.15) is 33.6 Å². The normalized spacial score (nSPS) is 24.8. The second-order valence-corrected chi connectivity index (χ2v) is 7.82. The Balaban J connectivity index is 2.74. The molecule has 2 amide bonds. The van der Waals surface area contributed by atoms with Gasteiger partial charge in [0.15, 0.2) is 0 Å². The van der Waals surface area contributed by atoms with Crippen molar-refractivity contribution in [1.82, 2.24) is 10.2 Å². The number of rotatable bonds is 4. The first-order valence-electron chi connectivity index (χ1n) is 6.76. The molecule has 0 aromatic rings. The maximum atomic E-state index is 12.2. The molecule has 0 aromatic carbocycles. The average molecular weight is 304 g/mol. The van der Waals surface area contributed by atoms with Gasteiger partial charge in [0.05, 0.1) is 0 Å². The SMILES string of the molecule is CC(CNC(=O)N1CCCC(C)(C)C1C(=O)O)S(C)=O. The summed E-state index contributed by atoms with van der Waals surface area (Å²) in [5.74, 6) is -0.975. The fraction of sp³-hybridized carbons (Fsp3) is 0.846. The number of piperidine rings is 1. The Morgan fingerprint density at radius 3 is 2.60 bits per heavy atom. The van der Waals surface area contributed by atoms with Gasteiger partial charge in [-0.3, -0.25) is 4.21 Å². The number of urea groups is 1. The summed E-state index contributed by atoms with van der Waals surface area (Å²) in [6.07, 6.45) is 3.16. The summed E-state index contributed by atoms with van der Waals surface area (Å²) in [6.45, 7) is 6.25. The van der Waals surface area contributed by atoms with E-state index in [1.54, 1.807) is 13.2 Å². The van der Waals surface area contributed by atoms with Crippen LogP contribution in [-0.4, -0.2) is 56.9 Å². The molecule has 0 bridgehead atoms. The van der Waals surface area contributed by atoms with Crippen LogP contribution in [0.25, 0.3) is 0 Å². The van der Waals surface area contributed by atoms with Crippen LogP contribution in [-0.2, 0) is 15.6 Å². The summed E-state index contributed by atoms with van der Waals surface area (Å²) in [5, 5.41) is 11.9. The van der Waals surface area contributed by atoms with Gasteiger partial charge in [-0.2, -0.15) is 0 Å². The summed E-state index contributed by atoms with van der Waals surface area (Å²) in [7, 11) is -1.01. The highest BCUT2D eigenvalue weighted by Gasteiger charge is 2.44. The highest BCUT2D eigenvalue weighted by Crippen LogP contribution is 2.35. The van der Waals surface area contributed by atoms with E-state index in [2.05, 4.69) is 5.32 Å².